The lowest BCUT2D eigenvalue weighted by Gasteiger charge is -2.23. The smallest absolute Gasteiger partial charge is 0.318 e. The fourth-order valence-corrected chi connectivity index (χ4v) is 4.16. The van der Waals surface area contributed by atoms with Crippen LogP contribution in [-0.2, 0) is 17.8 Å². The maximum absolute atomic E-state index is 12.5. The number of halogens is 3. The van der Waals surface area contributed by atoms with Crippen molar-refractivity contribution in [3.05, 3.63) is 33.8 Å². The Kier molecular flexibility index (Phi) is 5.58. The summed E-state index contributed by atoms with van der Waals surface area (Å²) in [5.74, 6) is 0.985. The molecule has 0 aromatic carbocycles. The molecule has 3 aliphatic rings. The van der Waals surface area contributed by atoms with Gasteiger partial charge in [0.1, 0.15) is 12.4 Å². The average Bonchev–Trinajstić information content (AvgIpc) is 3.34. The zero-order valence-corrected chi connectivity index (χ0v) is 17.3. The van der Waals surface area contributed by atoms with E-state index in [2.05, 4.69) is 15.3 Å². The molecule has 0 radical (unpaired) electrons. The Morgan fingerprint density at radius 3 is 2.86 bits per heavy atom. The van der Waals surface area contributed by atoms with Crippen LogP contribution >= 0.6 is 34.8 Å². The number of ether oxygens (including phenoxy) is 1. The van der Waals surface area contributed by atoms with Gasteiger partial charge in [0.25, 0.3) is 0 Å². The van der Waals surface area contributed by atoms with Crippen molar-refractivity contribution in [1.29, 1.82) is 0 Å². The number of rotatable bonds is 5. The van der Waals surface area contributed by atoms with Gasteiger partial charge < -0.3 is 20.7 Å². The zero-order valence-electron chi connectivity index (χ0n) is 15.1. The molecule has 4 rings (SSSR count). The molecule has 1 aromatic heterocycles. The molecule has 0 bridgehead atoms. The number of hydrogen-bond donors (Lipinski definition) is 2. The molecule has 0 spiro atoms. The van der Waals surface area contributed by atoms with Crippen molar-refractivity contribution in [3.8, 4) is 0 Å². The Morgan fingerprint density at radius 2 is 2.14 bits per heavy atom. The number of nitrogen functional groups attached to an aromatic ring is 1. The molecule has 1 fully saturated rings. The number of alkyl halides is 2. The number of anilines is 1. The third-order valence-corrected chi connectivity index (χ3v) is 5.61. The number of nitrogens with one attached hydrogen (secondary N) is 1. The minimum Gasteiger partial charge on any atom is -0.492 e. The lowest BCUT2D eigenvalue weighted by Crippen LogP contribution is -2.37. The summed E-state index contributed by atoms with van der Waals surface area (Å²) < 4.78 is 5.78. The third-order valence-electron chi connectivity index (χ3n) is 4.82. The van der Waals surface area contributed by atoms with Crippen LogP contribution in [0, 0.1) is 0 Å². The van der Waals surface area contributed by atoms with Gasteiger partial charge >= 0.3 is 6.03 Å². The number of fused-ring (bicyclic) bond motifs is 1. The van der Waals surface area contributed by atoms with Gasteiger partial charge in [0.05, 0.1) is 35.7 Å². The first kappa shape index (κ1) is 19.6. The van der Waals surface area contributed by atoms with Gasteiger partial charge in [0, 0.05) is 28.6 Å². The van der Waals surface area contributed by atoms with Gasteiger partial charge in [-0.25, -0.2) is 14.8 Å². The number of nitrogens with two attached hydrogens (primary N) is 1. The van der Waals surface area contributed by atoms with Gasteiger partial charge in [-0.2, -0.15) is 0 Å². The fraction of sp³-hybridized carbons (Fsp3) is 0.500. The maximum Gasteiger partial charge on any atom is 0.318 e. The van der Waals surface area contributed by atoms with E-state index in [4.69, 9.17) is 45.3 Å². The SMILES string of the molecule is Nc1nc2c(c(C3=C(OCCCl)C=C(Cl)CC3Cl)n1)CN(C(=O)NC1CC1)C2. The van der Waals surface area contributed by atoms with Gasteiger partial charge in [-0.3, -0.25) is 0 Å². The van der Waals surface area contributed by atoms with Crippen molar-refractivity contribution in [1.82, 2.24) is 20.2 Å². The molecule has 28 heavy (non-hydrogen) atoms. The van der Waals surface area contributed by atoms with E-state index in [1.165, 1.54) is 0 Å². The molecule has 1 atom stereocenters. The number of urea groups is 1. The number of allylic oxidation sites excluding steroid dienone is 3. The van der Waals surface area contributed by atoms with Crippen molar-refractivity contribution in [2.45, 2.75) is 43.8 Å². The molecule has 150 valence electrons. The number of nitrogens with zero attached hydrogens (tertiary/aromatic N) is 3. The Morgan fingerprint density at radius 1 is 1.36 bits per heavy atom. The van der Waals surface area contributed by atoms with E-state index in [-0.39, 0.29) is 18.0 Å². The Hall–Kier alpha value is -1.70. The maximum atomic E-state index is 12.5. The van der Waals surface area contributed by atoms with Gasteiger partial charge in [0.2, 0.25) is 5.95 Å². The van der Waals surface area contributed by atoms with Crippen molar-refractivity contribution in [2.75, 3.05) is 18.2 Å². The van der Waals surface area contributed by atoms with Crippen molar-refractivity contribution < 1.29 is 9.53 Å². The standard InChI is InChI=1S/C18H20Cl3N5O2/c19-3-4-28-14-6-9(20)5-12(21)15(14)16-11-7-26(18(27)23-10-1-2-10)8-13(11)24-17(22)25-16/h6,10,12H,1-5,7-8H2,(H,23,27)(H2,22,24,25). The van der Waals surface area contributed by atoms with Crippen LogP contribution in [0.3, 0.4) is 0 Å². The summed E-state index contributed by atoms with van der Waals surface area (Å²) >= 11 is 18.6. The summed E-state index contributed by atoms with van der Waals surface area (Å²) in [6.45, 7) is 1.07. The Labute approximate surface area is 177 Å². The zero-order chi connectivity index (χ0) is 19.8. The van der Waals surface area contributed by atoms with E-state index in [1.54, 1.807) is 11.0 Å². The first-order chi connectivity index (χ1) is 13.5. The highest BCUT2D eigenvalue weighted by atomic mass is 35.5. The summed E-state index contributed by atoms with van der Waals surface area (Å²) in [5.41, 5.74) is 8.82. The molecule has 1 saturated carbocycles. The first-order valence-electron chi connectivity index (χ1n) is 9.10. The summed E-state index contributed by atoms with van der Waals surface area (Å²) in [4.78, 5) is 23.0. The number of carbonyl (C=O) groups is 1. The topological polar surface area (TPSA) is 93.4 Å². The molecule has 2 aliphatic carbocycles. The van der Waals surface area contributed by atoms with Crippen molar-refractivity contribution in [3.63, 3.8) is 0 Å². The molecule has 1 unspecified atom stereocenters. The number of hydrogen-bond acceptors (Lipinski definition) is 5. The largest absolute Gasteiger partial charge is 0.492 e. The molecule has 0 saturated heterocycles. The second-order valence-corrected chi connectivity index (χ2v) is 8.40. The molecule has 2 heterocycles. The predicted octanol–water partition coefficient (Wildman–Crippen LogP) is 3.35. The minimum atomic E-state index is -0.435. The van der Waals surface area contributed by atoms with E-state index in [0.717, 1.165) is 24.1 Å². The van der Waals surface area contributed by atoms with Crippen LogP contribution in [0.25, 0.3) is 5.57 Å². The average molecular weight is 445 g/mol. The molecule has 7 nitrogen and oxygen atoms in total. The second kappa shape index (κ2) is 7.97. The highest BCUT2D eigenvalue weighted by Gasteiger charge is 2.35. The first-order valence-corrected chi connectivity index (χ1v) is 10.4. The van der Waals surface area contributed by atoms with Crippen molar-refractivity contribution in [2.24, 2.45) is 0 Å². The summed E-state index contributed by atoms with van der Waals surface area (Å²) in [6, 6.07) is 0.176. The highest BCUT2D eigenvalue weighted by Crippen LogP contribution is 2.40. The lowest BCUT2D eigenvalue weighted by atomic mass is 9.96. The van der Waals surface area contributed by atoms with E-state index in [9.17, 15) is 4.79 Å². The summed E-state index contributed by atoms with van der Waals surface area (Å²) in [5, 5.41) is 3.16. The summed E-state index contributed by atoms with van der Waals surface area (Å²) in [6.07, 6.45) is 4.25. The van der Waals surface area contributed by atoms with Crippen LogP contribution in [0.4, 0.5) is 10.7 Å². The van der Waals surface area contributed by atoms with Gasteiger partial charge in [-0.15, -0.1) is 23.2 Å². The summed E-state index contributed by atoms with van der Waals surface area (Å²) in [7, 11) is 0. The van der Waals surface area contributed by atoms with Crippen LogP contribution < -0.4 is 11.1 Å². The third kappa shape index (κ3) is 4.02. The number of aromatic nitrogens is 2. The predicted molar refractivity (Wildman–Crippen MR) is 109 cm³/mol. The van der Waals surface area contributed by atoms with E-state index in [1.807, 2.05) is 0 Å². The van der Waals surface area contributed by atoms with Crippen LogP contribution in [0.15, 0.2) is 16.9 Å². The minimum absolute atomic E-state index is 0.105. The lowest BCUT2D eigenvalue weighted by molar-refractivity contribution is 0.197. The van der Waals surface area contributed by atoms with E-state index < -0.39 is 5.38 Å². The van der Waals surface area contributed by atoms with Crippen molar-refractivity contribution >= 4 is 52.4 Å². The highest BCUT2D eigenvalue weighted by molar-refractivity contribution is 6.33. The van der Waals surface area contributed by atoms with Gasteiger partial charge in [0.15, 0.2) is 0 Å². The normalized spacial score (nSPS) is 21.5. The molecule has 10 heteroatoms. The molecule has 1 aliphatic heterocycles. The van der Waals surface area contributed by atoms with Gasteiger partial charge in [-0.1, -0.05) is 11.6 Å². The monoisotopic (exact) mass is 443 g/mol. The van der Waals surface area contributed by atoms with E-state index >= 15 is 0 Å². The Balaban J connectivity index is 1.71. The van der Waals surface area contributed by atoms with E-state index in [0.29, 0.717) is 54.1 Å². The molecule has 1 aromatic rings. The second-order valence-electron chi connectivity index (χ2n) is 7.01. The molecular weight excluding hydrogens is 425 g/mol. The van der Waals surface area contributed by atoms with Crippen LogP contribution in [0.2, 0.25) is 0 Å². The Bertz CT molecular complexity index is 869. The molecular formula is C18H20Cl3N5O2. The molecule has 2 amide bonds. The van der Waals surface area contributed by atoms with Gasteiger partial charge in [-0.05, 0) is 18.9 Å². The fourth-order valence-electron chi connectivity index (χ4n) is 3.37. The van der Waals surface area contributed by atoms with Crippen LogP contribution in [-0.4, -0.2) is 44.8 Å². The number of carbonyl (C=O) groups excluding carboxylic acids is 1. The number of amides is 2. The van der Waals surface area contributed by atoms with Crippen LogP contribution in [0.5, 0.6) is 0 Å². The quantitative estimate of drug-likeness (QED) is 0.679. The molecule has 3 N–H and O–H groups in total. The van der Waals surface area contributed by atoms with Crippen LogP contribution in [0.1, 0.15) is 36.2 Å².